The van der Waals surface area contributed by atoms with E-state index in [9.17, 15) is 0 Å². The van der Waals surface area contributed by atoms with E-state index in [4.69, 9.17) is 4.74 Å². The van der Waals surface area contributed by atoms with Crippen LogP contribution in [0.2, 0.25) is 0 Å². The minimum Gasteiger partial charge on any atom is -0.379 e. The highest BCUT2D eigenvalue weighted by atomic mass is 16.5. The summed E-state index contributed by atoms with van der Waals surface area (Å²) in [6.07, 6.45) is 1.18. The molecule has 1 saturated heterocycles. The number of hydrogen-bond acceptors (Lipinski definition) is 2. The Hall–Kier alpha value is -0.0800. The molecule has 1 N–H and O–H groups in total. The van der Waals surface area contributed by atoms with Gasteiger partial charge in [0.25, 0.3) is 0 Å². The first-order valence-corrected chi connectivity index (χ1v) is 4.24. The molecule has 1 aliphatic heterocycles. The second-order valence-corrected chi connectivity index (χ2v) is 2.13. The van der Waals surface area contributed by atoms with E-state index >= 15 is 0 Å². The Kier molecular flexibility index (Phi) is 6.98. The zero-order chi connectivity index (χ0) is 7.82. The highest BCUT2D eigenvalue weighted by Gasteiger charge is 2.08. The summed E-state index contributed by atoms with van der Waals surface area (Å²) in [5.74, 6) is 0. The van der Waals surface area contributed by atoms with Crippen LogP contribution in [0.1, 0.15) is 28.6 Å². The van der Waals surface area contributed by atoms with E-state index in [0.29, 0.717) is 6.04 Å². The van der Waals surface area contributed by atoms with E-state index in [1.165, 1.54) is 6.42 Å². The summed E-state index contributed by atoms with van der Waals surface area (Å²) in [6.45, 7) is 8.98. The summed E-state index contributed by atoms with van der Waals surface area (Å²) in [5.41, 5.74) is 0. The van der Waals surface area contributed by atoms with Crippen molar-refractivity contribution in [2.24, 2.45) is 0 Å². The number of morpholine rings is 1. The SMILES string of the molecule is CC.CCC1COCCN1.[HH]. The van der Waals surface area contributed by atoms with Gasteiger partial charge < -0.3 is 10.1 Å². The highest BCUT2D eigenvalue weighted by Crippen LogP contribution is 1.95. The van der Waals surface area contributed by atoms with Gasteiger partial charge in [0.05, 0.1) is 13.2 Å². The van der Waals surface area contributed by atoms with E-state index in [1.54, 1.807) is 0 Å². The number of nitrogens with one attached hydrogen (secondary N) is 1. The predicted octanol–water partition coefficient (Wildman–Crippen LogP) is 1.66. The molecule has 0 bridgehead atoms. The van der Waals surface area contributed by atoms with E-state index in [0.717, 1.165) is 19.8 Å². The molecule has 0 radical (unpaired) electrons. The van der Waals surface area contributed by atoms with Crippen molar-refractivity contribution in [2.45, 2.75) is 33.2 Å². The molecule has 0 aromatic heterocycles. The minimum absolute atomic E-state index is 0. The Morgan fingerprint density at radius 3 is 2.60 bits per heavy atom. The molecule has 1 aliphatic rings. The number of hydrogen-bond donors (Lipinski definition) is 1. The maximum absolute atomic E-state index is 5.21. The standard InChI is InChI=1S/C6H13NO.C2H6.H2/c1-2-6-5-8-4-3-7-6;1-2;/h6-7H,2-5H2,1H3;1-2H3;1H. The molecule has 0 aromatic rings. The van der Waals surface area contributed by atoms with Crippen LogP contribution in [0.5, 0.6) is 0 Å². The van der Waals surface area contributed by atoms with Crippen LogP contribution in [0.15, 0.2) is 0 Å². The van der Waals surface area contributed by atoms with E-state index in [1.807, 2.05) is 13.8 Å². The smallest absolute Gasteiger partial charge is 0.0620 e. The van der Waals surface area contributed by atoms with Gasteiger partial charge in [0, 0.05) is 14.0 Å². The van der Waals surface area contributed by atoms with Gasteiger partial charge in [-0.15, -0.1) is 0 Å². The first-order valence-electron chi connectivity index (χ1n) is 4.24. The zero-order valence-electron chi connectivity index (χ0n) is 7.31. The fourth-order valence-electron chi connectivity index (χ4n) is 0.882. The van der Waals surface area contributed by atoms with Crippen molar-refractivity contribution in [1.29, 1.82) is 0 Å². The average molecular weight is 147 g/mol. The molecule has 1 fully saturated rings. The molecule has 0 aromatic carbocycles. The monoisotopic (exact) mass is 147 g/mol. The lowest BCUT2D eigenvalue weighted by Gasteiger charge is -2.21. The lowest BCUT2D eigenvalue weighted by Crippen LogP contribution is -2.40. The van der Waals surface area contributed by atoms with E-state index in [2.05, 4.69) is 12.2 Å². The van der Waals surface area contributed by atoms with Crippen molar-refractivity contribution in [3.8, 4) is 0 Å². The summed E-state index contributed by atoms with van der Waals surface area (Å²) in [4.78, 5) is 0. The Morgan fingerprint density at radius 1 is 1.60 bits per heavy atom. The second kappa shape index (κ2) is 7.03. The Labute approximate surface area is 65.4 Å². The van der Waals surface area contributed by atoms with Crippen LogP contribution >= 0.6 is 0 Å². The Morgan fingerprint density at radius 2 is 2.30 bits per heavy atom. The molecular formula is C8H21NO. The van der Waals surface area contributed by atoms with Crippen molar-refractivity contribution < 1.29 is 6.16 Å². The first kappa shape index (κ1) is 9.92. The third kappa shape index (κ3) is 3.85. The van der Waals surface area contributed by atoms with Crippen LogP contribution in [-0.2, 0) is 4.74 Å². The van der Waals surface area contributed by atoms with Crippen LogP contribution in [0.4, 0.5) is 0 Å². The molecule has 1 atom stereocenters. The van der Waals surface area contributed by atoms with Gasteiger partial charge in [0.15, 0.2) is 0 Å². The molecule has 0 saturated carbocycles. The Bertz CT molecular complexity index is 65.1. The summed E-state index contributed by atoms with van der Waals surface area (Å²) < 4.78 is 5.21. The molecule has 0 aliphatic carbocycles. The maximum Gasteiger partial charge on any atom is 0.0620 e. The third-order valence-corrected chi connectivity index (χ3v) is 1.49. The van der Waals surface area contributed by atoms with Gasteiger partial charge in [-0.2, -0.15) is 0 Å². The molecule has 1 rings (SSSR count). The van der Waals surface area contributed by atoms with Crippen LogP contribution < -0.4 is 5.32 Å². The van der Waals surface area contributed by atoms with Gasteiger partial charge in [-0.1, -0.05) is 20.8 Å². The van der Waals surface area contributed by atoms with Gasteiger partial charge in [-0.25, -0.2) is 0 Å². The van der Waals surface area contributed by atoms with Crippen LogP contribution in [0.3, 0.4) is 0 Å². The first-order chi connectivity index (χ1) is 4.93. The summed E-state index contributed by atoms with van der Waals surface area (Å²) in [7, 11) is 0. The summed E-state index contributed by atoms with van der Waals surface area (Å²) in [5, 5.41) is 3.34. The molecule has 2 heteroatoms. The van der Waals surface area contributed by atoms with Crippen molar-refractivity contribution >= 4 is 0 Å². The van der Waals surface area contributed by atoms with E-state index < -0.39 is 0 Å². The van der Waals surface area contributed by atoms with E-state index in [-0.39, 0.29) is 1.43 Å². The molecule has 2 nitrogen and oxygen atoms in total. The molecule has 0 spiro atoms. The summed E-state index contributed by atoms with van der Waals surface area (Å²) in [6, 6.07) is 0.615. The fraction of sp³-hybridized carbons (Fsp3) is 1.00. The predicted molar refractivity (Wildman–Crippen MR) is 46.4 cm³/mol. The molecule has 1 unspecified atom stereocenters. The number of rotatable bonds is 1. The van der Waals surface area contributed by atoms with Gasteiger partial charge in [0.2, 0.25) is 0 Å². The van der Waals surface area contributed by atoms with Gasteiger partial charge >= 0.3 is 0 Å². The average Bonchev–Trinajstić information content (AvgIpc) is 2.10. The van der Waals surface area contributed by atoms with Crippen molar-refractivity contribution in [1.82, 2.24) is 5.32 Å². The Balaban J connectivity index is 0. The van der Waals surface area contributed by atoms with Gasteiger partial charge in [-0.3, -0.25) is 0 Å². The van der Waals surface area contributed by atoms with Crippen LogP contribution in [-0.4, -0.2) is 25.8 Å². The largest absolute Gasteiger partial charge is 0.379 e. The number of ether oxygens (including phenoxy) is 1. The molecule has 64 valence electrons. The quantitative estimate of drug-likeness (QED) is 0.609. The topological polar surface area (TPSA) is 21.3 Å². The lowest BCUT2D eigenvalue weighted by molar-refractivity contribution is 0.0758. The molecule has 10 heavy (non-hydrogen) atoms. The molecular weight excluding hydrogens is 126 g/mol. The maximum atomic E-state index is 5.21. The molecule has 0 amide bonds. The van der Waals surface area contributed by atoms with Crippen molar-refractivity contribution in [2.75, 3.05) is 19.8 Å². The molecule has 1 heterocycles. The van der Waals surface area contributed by atoms with Gasteiger partial charge in [-0.05, 0) is 6.42 Å². The fourth-order valence-corrected chi connectivity index (χ4v) is 0.882. The van der Waals surface area contributed by atoms with Crippen molar-refractivity contribution in [3.63, 3.8) is 0 Å². The highest BCUT2D eigenvalue weighted by molar-refractivity contribution is 4.66. The third-order valence-electron chi connectivity index (χ3n) is 1.49. The van der Waals surface area contributed by atoms with Gasteiger partial charge in [0.1, 0.15) is 0 Å². The zero-order valence-corrected chi connectivity index (χ0v) is 7.31. The minimum atomic E-state index is 0. The van der Waals surface area contributed by atoms with Crippen LogP contribution in [0, 0.1) is 0 Å². The lowest BCUT2D eigenvalue weighted by atomic mass is 10.2. The second-order valence-electron chi connectivity index (χ2n) is 2.13. The normalized spacial score (nSPS) is 24.9. The van der Waals surface area contributed by atoms with Crippen molar-refractivity contribution in [3.05, 3.63) is 0 Å². The van der Waals surface area contributed by atoms with Crippen LogP contribution in [0.25, 0.3) is 0 Å². The summed E-state index contributed by atoms with van der Waals surface area (Å²) >= 11 is 0.